The Balaban J connectivity index is 1.54. The van der Waals surface area contributed by atoms with Crippen LogP contribution in [0.5, 0.6) is 5.75 Å². The molecule has 0 fully saturated rings. The molecule has 1 N–H and O–H groups in total. The predicted molar refractivity (Wildman–Crippen MR) is 141 cm³/mol. The van der Waals surface area contributed by atoms with Gasteiger partial charge in [-0.3, -0.25) is 9.59 Å². The first kappa shape index (κ1) is 27.0. The summed E-state index contributed by atoms with van der Waals surface area (Å²) in [6, 6.07) is 20.3. The normalized spacial score (nSPS) is 10.4. The van der Waals surface area contributed by atoms with Gasteiger partial charge >= 0.3 is 5.97 Å². The lowest BCUT2D eigenvalue weighted by atomic mass is 10.2. The van der Waals surface area contributed by atoms with Crippen LogP contribution in [0.2, 0.25) is 10.0 Å². The molecule has 0 bridgehead atoms. The number of halogens is 2. The summed E-state index contributed by atoms with van der Waals surface area (Å²) in [6.07, 6.45) is 0.622. The molecule has 0 saturated heterocycles. The monoisotopic (exact) mass is 528 g/mol. The Hall–Kier alpha value is -3.55. The number of carbonyl (C=O) groups excluding carboxylic acids is 3. The van der Waals surface area contributed by atoms with Gasteiger partial charge in [0, 0.05) is 40.8 Å². The molecule has 0 radical (unpaired) electrons. The topological polar surface area (TPSA) is 84.9 Å². The van der Waals surface area contributed by atoms with Gasteiger partial charge < -0.3 is 19.7 Å². The molecule has 0 spiro atoms. The Morgan fingerprint density at radius 1 is 0.833 bits per heavy atom. The standard InChI is InChI=1S/C27H26Cl2N2O5/c1-35-27(34)19-3-13-24(14-4-19)36-18-2-17-31(23-11-7-21(29)8-12-23)26(33)16-15-25(32)30-22-9-5-20(28)6-10-22/h3-14H,2,15-18H2,1H3,(H,30,32). The van der Waals surface area contributed by atoms with E-state index in [4.69, 9.17) is 27.9 Å². The lowest BCUT2D eigenvalue weighted by Crippen LogP contribution is -2.33. The van der Waals surface area contributed by atoms with Gasteiger partial charge in [-0.25, -0.2) is 4.79 Å². The molecule has 3 rings (SSSR count). The Bertz CT molecular complexity index is 1170. The molecule has 3 aromatic carbocycles. The number of ether oxygens (including phenoxy) is 2. The highest BCUT2D eigenvalue weighted by Gasteiger charge is 2.17. The fourth-order valence-corrected chi connectivity index (χ4v) is 3.60. The van der Waals surface area contributed by atoms with Gasteiger partial charge in [0.25, 0.3) is 0 Å². The first-order valence-corrected chi connectivity index (χ1v) is 12.0. The van der Waals surface area contributed by atoms with Crippen molar-refractivity contribution in [2.75, 3.05) is 30.5 Å². The Morgan fingerprint density at radius 3 is 2.06 bits per heavy atom. The summed E-state index contributed by atoms with van der Waals surface area (Å²) in [7, 11) is 1.33. The average molecular weight is 529 g/mol. The second kappa shape index (κ2) is 13.5. The minimum atomic E-state index is -0.416. The maximum absolute atomic E-state index is 13.0. The summed E-state index contributed by atoms with van der Waals surface area (Å²) >= 11 is 11.9. The highest BCUT2D eigenvalue weighted by atomic mass is 35.5. The van der Waals surface area contributed by atoms with Gasteiger partial charge in [0.1, 0.15) is 5.75 Å². The summed E-state index contributed by atoms with van der Waals surface area (Å²) < 4.78 is 10.4. The van der Waals surface area contributed by atoms with Crippen molar-refractivity contribution in [1.29, 1.82) is 0 Å². The molecule has 0 aliphatic rings. The van der Waals surface area contributed by atoms with Crippen molar-refractivity contribution in [3.63, 3.8) is 0 Å². The van der Waals surface area contributed by atoms with E-state index in [0.29, 0.717) is 52.3 Å². The Labute approximate surface area is 219 Å². The van der Waals surface area contributed by atoms with Crippen LogP contribution in [0.4, 0.5) is 11.4 Å². The third-order valence-corrected chi connectivity index (χ3v) is 5.71. The van der Waals surface area contributed by atoms with E-state index in [1.165, 1.54) is 7.11 Å². The van der Waals surface area contributed by atoms with Gasteiger partial charge in [-0.15, -0.1) is 0 Å². The van der Waals surface area contributed by atoms with E-state index in [0.717, 1.165) is 0 Å². The van der Waals surface area contributed by atoms with Gasteiger partial charge in [-0.05, 0) is 79.2 Å². The number of anilines is 2. The number of esters is 1. The SMILES string of the molecule is COC(=O)c1ccc(OCCCN(C(=O)CCC(=O)Nc2ccc(Cl)cc2)c2ccc(Cl)cc2)cc1. The zero-order valence-electron chi connectivity index (χ0n) is 19.7. The molecule has 0 aliphatic heterocycles. The van der Waals surface area contributed by atoms with Crippen LogP contribution in [0.15, 0.2) is 72.8 Å². The van der Waals surface area contributed by atoms with E-state index in [1.54, 1.807) is 77.7 Å². The molecule has 9 heteroatoms. The fraction of sp³-hybridized carbons (Fsp3) is 0.222. The number of rotatable bonds is 11. The Kier molecular flexibility index (Phi) is 10.2. The lowest BCUT2D eigenvalue weighted by Gasteiger charge is -2.23. The van der Waals surface area contributed by atoms with Gasteiger partial charge in [0.15, 0.2) is 0 Å². The molecule has 0 saturated carbocycles. The van der Waals surface area contributed by atoms with Crippen LogP contribution in [0, 0.1) is 0 Å². The van der Waals surface area contributed by atoms with Crippen LogP contribution in [0.1, 0.15) is 29.6 Å². The molecule has 0 aliphatic carbocycles. The summed E-state index contributed by atoms with van der Waals surface area (Å²) in [4.78, 5) is 38.5. The minimum Gasteiger partial charge on any atom is -0.494 e. The highest BCUT2D eigenvalue weighted by Crippen LogP contribution is 2.21. The van der Waals surface area contributed by atoms with Crippen LogP contribution in [0.25, 0.3) is 0 Å². The van der Waals surface area contributed by atoms with E-state index in [2.05, 4.69) is 10.1 Å². The first-order chi connectivity index (χ1) is 17.4. The number of amides is 2. The third kappa shape index (κ3) is 8.29. The van der Waals surface area contributed by atoms with Crippen LogP contribution >= 0.6 is 23.2 Å². The van der Waals surface area contributed by atoms with E-state index >= 15 is 0 Å². The Morgan fingerprint density at radius 2 is 1.44 bits per heavy atom. The molecule has 3 aromatic rings. The molecule has 2 amide bonds. The van der Waals surface area contributed by atoms with Crippen molar-refractivity contribution in [3.05, 3.63) is 88.4 Å². The number of nitrogens with zero attached hydrogens (tertiary/aromatic N) is 1. The quantitative estimate of drug-likeness (QED) is 0.243. The average Bonchev–Trinajstić information content (AvgIpc) is 2.89. The maximum atomic E-state index is 13.0. The van der Waals surface area contributed by atoms with Crippen LogP contribution in [-0.4, -0.2) is 38.0 Å². The minimum absolute atomic E-state index is 0.0363. The smallest absolute Gasteiger partial charge is 0.337 e. The molecule has 0 heterocycles. The third-order valence-electron chi connectivity index (χ3n) is 5.20. The largest absolute Gasteiger partial charge is 0.494 e. The molecular formula is C27H26Cl2N2O5. The summed E-state index contributed by atoms with van der Waals surface area (Å²) in [5.74, 6) is -0.266. The van der Waals surface area contributed by atoms with Crippen LogP contribution < -0.4 is 15.0 Å². The zero-order valence-corrected chi connectivity index (χ0v) is 21.2. The fourth-order valence-electron chi connectivity index (χ4n) is 3.35. The van der Waals surface area contributed by atoms with E-state index in [-0.39, 0.29) is 24.7 Å². The molecule has 36 heavy (non-hydrogen) atoms. The van der Waals surface area contributed by atoms with Gasteiger partial charge in [0.05, 0.1) is 19.3 Å². The van der Waals surface area contributed by atoms with Crippen molar-refractivity contribution in [3.8, 4) is 5.75 Å². The number of nitrogens with one attached hydrogen (secondary N) is 1. The molecule has 0 aromatic heterocycles. The number of hydrogen-bond donors (Lipinski definition) is 1. The van der Waals surface area contributed by atoms with Crippen molar-refractivity contribution in [1.82, 2.24) is 0 Å². The summed E-state index contributed by atoms with van der Waals surface area (Å²) in [5.41, 5.74) is 1.73. The van der Waals surface area contributed by atoms with Crippen molar-refractivity contribution in [2.45, 2.75) is 19.3 Å². The van der Waals surface area contributed by atoms with Crippen molar-refractivity contribution < 1.29 is 23.9 Å². The number of benzene rings is 3. The maximum Gasteiger partial charge on any atom is 0.337 e. The second-order valence-electron chi connectivity index (χ2n) is 7.79. The van der Waals surface area contributed by atoms with E-state index in [1.807, 2.05) is 0 Å². The van der Waals surface area contributed by atoms with Crippen molar-refractivity contribution in [2.24, 2.45) is 0 Å². The molecule has 7 nitrogen and oxygen atoms in total. The molecule has 0 atom stereocenters. The van der Waals surface area contributed by atoms with Crippen LogP contribution in [-0.2, 0) is 14.3 Å². The zero-order chi connectivity index (χ0) is 25.9. The van der Waals surface area contributed by atoms with Crippen molar-refractivity contribution >= 4 is 52.4 Å². The second-order valence-corrected chi connectivity index (χ2v) is 8.67. The molecule has 188 valence electrons. The number of methoxy groups -OCH3 is 1. The molecule has 0 unspecified atom stereocenters. The van der Waals surface area contributed by atoms with E-state index < -0.39 is 5.97 Å². The molecular weight excluding hydrogens is 503 g/mol. The number of carbonyl (C=O) groups is 3. The van der Waals surface area contributed by atoms with Crippen LogP contribution in [0.3, 0.4) is 0 Å². The summed E-state index contributed by atoms with van der Waals surface area (Å²) in [5, 5.41) is 3.90. The predicted octanol–water partition coefficient (Wildman–Crippen LogP) is 6.00. The number of hydrogen-bond acceptors (Lipinski definition) is 5. The van der Waals surface area contributed by atoms with Gasteiger partial charge in [0.2, 0.25) is 11.8 Å². The van der Waals surface area contributed by atoms with Gasteiger partial charge in [-0.1, -0.05) is 23.2 Å². The van der Waals surface area contributed by atoms with E-state index in [9.17, 15) is 14.4 Å². The highest BCUT2D eigenvalue weighted by molar-refractivity contribution is 6.31. The summed E-state index contributed by atoms with van der Waals surface area (Å²) in [6.45, 7) is 0.742. The first-order valence-electron chi connectivity index (χ1n) is 11.3. The lowest BCUT2D eigenvalue weighted by molar-refractivity contribution is -0.122. The van der Waals surface area contributed by atoms with Gasteiger partial charge in [-0.2, -0.15) is 0 Å².